The van der Waals surface area contributed by atoms with Crippen molar-refractivity contribution in [2.75, 3.05) is 26.3 Å². The van der Waals surface area contributed by atoms with Gasteiger partial charge < -0.3 is 10.1 Å². The van der Waals surface area contributed by atoms with E-state index in [0.717, 1.165) is 38.2 Å². The van der Waals surface area contributed by atoms with Crippen LogP contribution in [0.1, 0.15) is 5.56 Å². The van der Waals surface area contributed by atoms with Gasteiger partial charge in [-0.15, -0.1) is 0 Å². The Bertz CT molecular complexity index is 513. The molecule has 0 saturated carbocycles. The average Bonchev–Trinajstić information content (AvgIpc) is 2.68. The zero-order valence-corrected chi connectivity index (χ0v) is 10.4. The molecule has 1 atom stereocenters. The molecule has 94 valence electrons. The summed E-state index contributed by atoms with van der Waals surface area (Å²) >= 11 is 0. The van der Waals surface area contributed by atoms with Gasteiger partial charge in [-0.25, -0.2) is 0 Å². The monoisotopic (exact) mass is 242 g/mol. The second-order valence-corrected chi connectivity index (χ2v) is 4.84. The predicted molar refractivity (Wildman–Crippen MR) is 72.6 cm³/mol. The Morgan fingerprint density at radius 1 is 1.28 bits per heavy atom. The fraction of sp³-hybridized carbons (Fsp3) is 0.400. The number of nitrogens with one attached hydrogen (secondary N) is 1. The molecule has 0 amide bonds. The summed E-state index contributed by atoms with van der Waals surface area (Å²) in [4.78, 5) is 4.41. The van der Waals surface area contributed by atoms with E-state index in [-0.39, 0.29) is 0 Å². The number of rotatable bonds is 2. The largest absolute Gasteiger partial charge is 0.380 e. The van der Waals surface area contributed by atoms with Crippen LogP contribution in [0.4, 0.5) is 0 Å². The van der Waals surface area contributed by atoms with Crippen LogP contribution < -0.4 is 5.32 Å². The van der Waals surface area contributed by atoms with E-state index in [1.165, 1.54) is 10.9 Å². The van der Waals surface area contributed by atoms with Gasteiger partial charge in [0.1, 0.15) is 0 Å². The van der Waals surface area contributed by atoms with Crippen LogP contribution in [0.2, 0.25) is 0 Å². The van der Waals surface area contributed by atoms with E-state index in [0.29, 0.717) is 5.92 Å². The molecule has 0 radical (unpaired) electrons. The molecule has 0 spiro atoms. The minimum Gasteiger partial charge on any atom is -0.380 e. The first-order chi connectivity index (χ1) is 8.93. The van der Waals surface area contributed by atoms with E-state index in [9.17, 15) is 0 Å². The number of nitrogens with zero attached hydrogens (tertiary/aromatic N) is 1. The normalized spacial score (nSPS) is 20.8. The third-order valence-electron chi connectivity index (χ3n) is 3.45. The Morgan fingerprint density at radius 2 is 2.28 bits per heavy atom. The van der Waals surface area contributed by atoms with Crippen molar-refractivity contribution in [1.29, 1.82) is 0 Å². The van der Waals surface area contributed by atoms with Gasteiger partial charge in [0, 0.05) is 24.7 Å². The van der Waals surface area contributed by atoms with Crippen LogP contribution in [0, 0.1) is 5.92 Å². The lowest BCUT2D eigenvalue weighted by molar-refractivity contribution is 0.123. The van der Waals surface area contributed by atoms with Crippen molar-refractivity contribution in [3.8, 4) is 0 Å². The summed E-state index contributed by atoms with van der Waals surface area (Å²) in [6.07, 6.45) is 2.90. The van der Waals surface area contributed by atoms with Crippen LogP contribution in [-0.4, -0.2) is 31.3 Å². The molecule has 1 N–H and O–H groups in total. The lowest BCUT2D eigenvalue weighted by Crippen LogP contribution is -2.24. The maximum absolute atomic E-state index is 5.61. The SMILES string of the molecule is c1cc(CC2CNCCOC2)c2cccnc2c1. The predicted octanol–water partition coefficient (Wildman–Crippen LogP) is 2.01. The molecule has 1 fully saturated rings. The van der Waals surface area contributed by atoms with Crippen molar-refractivity contribution in [3.05, 3.63) is 42.1 Å². The van der Waals surface area contributed by atoms with Crippen LogP contribution in [0.5, 0.6) is 0 Å². The molecule has 2 aromatic rings. The van der Waals surface area contributed by atoms with Crippen LogP contribution in [0.25, 0.3) is 10.9 Å². The highest BCUT2D eigenvalue weighted by atomic mass is 16.5. The van der Waals surface area contributed by atoms with E-state index in [1.807, 2.05) is 12.3 Å². The first-order valence-electron chi connectivity index (χ1n) is 6.54. The van der Waals surface area contributed by atoms with Crippen molar-refractivity contribution in [1.82, 2.24) is 10.3 Å². The van der Waals surface area contributed by atoms with Gasteiger partial charge in [-0.1, -0.05) is 18.2 Å². The van der Waals surface area contributed by atoms with Crippen molar-refractivity contribution in [3.63, 3.8) is 0 Å². The number of benzene rings is 1. The fourth-order valence-corrected chi connectivity index (χ4v) is 2.55. The number of pyridine rings is 1. The highest BCUT2D eigenvalue weighted by molar-refractivity contribution is 5.81. The third kappa shape index (κ3) is 2.52. The highest BCUT2D eigenvalue weighted by Gasteiger charge is 2.14. The van der Waals surface area contributed by atoms with E-state index in [4.69, 9.17) is 4.74 Å². The molecule has 3 rings (SSSR count). The topological polar surface area (TPSA) is 34.1 Å². The van der Waals surface area contributed by atoms with E-state index >= 15 is 0 Å². The van der Waals surface area contributed by atoms with Crippen LogP contribution in [-0.2, 0) is 11.2 Å². The lowest BCUT2D eigenvalue weighted by Gasteiger charge is -2.15. The zero-order chi connectivity index (χ0) is 12.2. The smallest absolute Gasteiger partial charge is 0.0704 e. The molecule has 1 aromatic carbocycles. The van der Waals surface area contributed by atoms with Crippen molar-refractivity contribution < 1.29 is 4.74 Å². The maximum Gasteiger partial charge on any atom is 0.0704 e. The second-order valence-electron chi connectivity index (χ2n) is 4.84. The van der Waals surface area contributed by atoms with Gasteiger partial charge in [0.15, 0.2) is 0 Å². The summed E-state index contributed by atoms with van der Waals surface area (Å²) in [6.45, 7) is 3.68. The van der Waals surface area contributed by atoms with Crippen molar-refractivity contribution in [2.24, 2.45) is 5.92 Å². The summed E-state index contributed by atoms with van der Waals surface area (Å²) < 4.78 is 5.61. The van der Waals surface area contributed by atoms with Gasteiger partial charge in [-0.05, 0) is 30.0 Å². The molecule has 1 unspecified atom stereocenters. The van der Waals surface area contributed by atoms with E-state index < -0.39 is 0 Å². The maximum atomic E-state index is 5.61. The first kappa shape index (κ1) is 11.6. The number of aromatic nitrogens is 1. The summed E-state index contributed by atoms with van der Waals surface area (Å²) in [6, 6.07) is 10.5. The minimum absolute atomic E-state index is 0.554. The molecule has 1 aliphatic rings. The number of ether oxygens (including phenoxy) is 1. The molecule has 0 bridgehead atoms. The van der Waals surface area contributed by atoms with Crippen LogP contribution >= 0.6 is 0 Å². The van der Waals surface area contributed by atoms with Gasteiger partial charge in [0.2, 0.25) is 0 Å². The zero-order valence-electron chi connectivity index (χ0n) is 10.4. The Labute approximate surface area is 107 Å². The quantitative estimate of drug-likeness (QED) is 0.874. The number of hydrogen-bond acceptors (Lipinski definition) is 3. The molecule has 3 nitrogen and oxygen atoms in total. The molecule has 18 heavy (non-hydrogen) atoms. The molecular formula is C15H18N2O. The Morgan fingerprint density at radius 3 is 3.28 bits per heavy atom. The summed E-state index contributed by atoms with van der Waals surface area (Å²) in [5.74, 6) is 0.554. The summed E-state index contributed by atoms with van der Waals surface area (Å²) in [5.41, 5.74) is 2.45. The highest BCUT2D eigenvalue weighted by Crippen LogP contribution is 2.20. The molecule has 1 saturated heterocycles. The average molecular weight is 242 g/mol. The molecule has 1 aromatic heterocycles. The van der Waals surface area contributed by atoms with Gasteiger partial charge in [0.25, 0.3) is 0 Å². The molecule has 2 heterocycles. The Balaban J connectivity index is 1.85. The number of hydrogen-bond donors (Lipinski definition) is 1. The summed E-state index contributed by atoms with van der Waals surface area (Å²) in [5, 5.41) is 4.69. The van der Waals surface area contributed by atoms with Gasteiger partial charge >= 0.3 is 0 Å². The van der Waals surface area contributed by atoms with E-state index in [1.54, 1.807) is 0 Å². The second kappa shape index (κ2) is 5.46. The Kier molecular flexibility index (Phi) is 3.53. The number of fused-ring (bicyclic) bond motifs is 1. The lowest BCUT2D eigenvalue weighted by atomic mass is 9.97. The van der Waals surface area contributed by atoms with Crippen LogP contribution in [0.3, 0.4) is 0 Å². The van der Waals surface area contributed by atoms with E-state index in [2.05, 4.69) is 34.6 Å². The molecular weight excluding hydrogens is 224 g/mol. The fourth-order valence-electron chi connectivity index (χ4n) is 2.55. The van der Waals surface area contributed by atoms with Gasteiger partial charge in [-0.3, -0.25) is 4.98 Å². The van der Waals surface area contributed by atoms with Gasteiger partial charge in [-0.2, -0.15) is 0 Å². The molecule has 0 aliphatic carbocycles. The minimum atomic E-state index is 0.554. The first-order valence-corrected chi connectivity index (χ1v) is 6.54. The molecule has 3 heteroatoms. The van der Waals surface area contributed by atoms with Crippen molar-refractivity contribution >= 4 is 10.9 Å². The van der Waals surface area contributed by atoms with Gasteiger partial charge in [0.05, 0.1) is 18.7 Å². The third-order valence-corrected chi connectivity index (χ3v) is 3.45. The molecule has 1 aliphatic heterocycles. The standard InChI is InChI=1S/C15H18N2O/c1-3-13(9-12-10-16-7-8-18-11-12)14-4-2-6-17-15(14)5-1/h1-6,12,16H,7-11H2. The van der Waals surface area contributed by atoms with Crippen molar-refractivity contribution in [2.45, 2.75) is 6.42 Å². The van der Waals surface area contributed by atoms with Crippen LogP contribution in [0.15, 0.2) is 36.5 Å². The summed E-state index contributed by atoms with van der Waals surface area (Å²) in [7, 11) is 0. The Hall–Kier alpha value is -1.45.